The Hall–Kier alpha value is -0.700. The van der Waals surface area contributed by atoms with Gasteiger partial charge in [-0.1, -0.05) is 12.7 Å². The van der Waals surface area contributed by atoms with Crippen molar-refractivity contribution in [3.8, 4) is 0 Å². The molecule has 2 aliphatic rings. The van der Waals surface area contributed by atoms with Gasteiger partial charge in [-0.25, -0.2) is 0 Å². The summed E-state index contributed by atoms with van der Waals surface area (Å²) in [6, 6.07) is 0. The van der Waals surface area contributed by atoms with Gasteiger partial charge in [-0.2, -0.15) is 0 Å². The molecule has 0 aromatic heterocycles. The molecule has 1 atom stereocenters. The maximum atomic E-state index is 11.0. The van der Waals surface area contributed by atoms with E-state index in [1.54, 1.807) is 4.90 Å². The van der Waals surface area contributed by atoms with Gasteiger partial charge in [-0.15, -0.1) is 11.8 Å². The molecule has 0 N–H and O–H groups in total. The van der Waals surface area contributed by atoms with Crippen molar-refractivity contribution in [1.82, 2.24) is 4.90 Å². The molecule has 2 nitrogen and oxygen atoms in total. The average Bonchev–Trinajstić information content (AvgIpc) is 2.03. The summed E-state index contributed by atoms with van der Waals surface area (Å²) in [5.41, 5.74) is 1.15. The molecule has 0 aromatic rings. The summed E-state index contributed by atoms with van der Waals surface area (Å²) in [5.74, 6) is 1.24. The van der Waals surface area contributed by atoms with Crippen LogP contribution < -0.4 is 0 Å². The van der Waals surface area contributed by atoms with Crippen LogP contribution >= 0.6 is 11.8 Å². The Morgan fingerprint density at radius 3 is 3.27 bits per heavy atom. The molecule has 3 heteroatoms. The third kappa shape index (κ3) is 0.997. The lowest BCUT2D eigenvalue weighted by Gasteiger charge is -2.40. The maximum Gasteiger partial charge on any atom is 0.230 e. The largest absolute Gasteiger partial charge is 0.306 e. The van der Waals surface area contributed by atoms with E-state index in [0.29, 0.717) is 11.8 Å². The summed E-state index contributed by atoms with van der Waals surface area (Å²) in [6.07, 6.45) is 4.44. The Labute approximate surface area is 69.9 Å². The van der Waals surface area contributed by atoms with E-state index in [2.05, 4.69) is 6.58 Å². The monoisotopic (exact) mass is 167 g/mol. The van der Waals surface area contributed by atoms with E-state index < -0.39 is 0 Å². The van der Waals surface area contributed by atoms with Crippen LogP contribution in [0.1, 0.15) is 6.42 Å². The van der Waals surface area contributed by atoms with Crippen LogP contribution in [-0.2, 0) is 4.79 Å². The first-order chi connectivity index (χ1) is 5.31. The number of rotatable bonds is 1. The predicted octanol–water partition coefficient (Wildman–Crippen LogP) is 1.36. The second kappa shape index (κ2) is 2.41. The highest BCUT2D eigenvalue weighted by molar-refractivity contribution is 8.00. The van der Waals surface area contributed by atoms with E-state index >= 15 is 0 Å². The van der Waals surface area contributed by atoms with Gasteiger partial charge in [-0.3, -0.25) is 4.79 Å². The van der Waals surface area contributed by atoms with Crippen molar-refractivity contribution in [1.29, 1.82) is 0 Å². The summed E-state index contributed by atoms with van der Waals surface area (Å²) in [6.45, 7) is 3.67. The normalized spacial score (nSPS) is 28.7. The van der Waals surface area contributed by atoms with Crippen LogP contribution in [0.4, 0.5) is 0 Å². The standard InChI is InChI=1S/C8H9NOS/c1-2-6-4-9-7(10)3-8(9)11-5-6/h2,4,8H,1,3,5H2. The summed E-state index contributed by atoms with van der Waals surface area (Å²) >= 11 is 1.81. The van der Waals surface area contributed by atoms with Crippen LogP contribution in [0, 0.1) is 0 Å². The molecule has 0 spiro atoms. The third-order valence-corrected chi connectivity index (χ3v) is 3.24. The second-order valence-electron chi connectivity index (χ2n) is 2.68. The lowest BCUT2D eigenvalue weighted by molar-refractivity contribution is -0.137. The lowest BCUT2D eigenvalue weighted by atomic mass is 10.2. The Balaban J connectivity index is 2.18. The molecule has 2 heterocycles. The number of allylic oxidation sites excluding steroid dienone is 1. The van der Waals surface area contributed by atoms with E-state index in [1.165, 1.54) is 0 Å². The number of hydrogen-bond donors (Lipinski definition) is 0. The smallest absolute Gasteiger partial charge is 0.230 e. The average molecular weight is 167 g/mol. The lowest BCUT2D eigenvalue weighted by Crippen LogP contribution is -2.48. The molecule has 1 saturated heterocycles. The first kappa shape index (κ1) is 6.98. The Bertz CT molecular complexity index is 246. The fraction of sp³-hybridized carbons (Fsp3) is 0.375. The highest BCUT2D eigenvalue weighted by Crippen LogP contribution is 2.35. The molecule has 0 aromatic carbocycles. The van der Waals surface area contributed by atoms with Crippen LogP contribution in [-0.4, -0.2) is 21.9 Å². The quantitative estimate of drug-likeness (QED) is 0.550. The summed E-state index contributed by atoms with van der Waals surface area (Å²) in [5, 5.41) is 0.422. The molecular weight excluding hydrogens is 158 g/mol. The van der Waals surface area contributed by atoms with Gasteiger partial charge >= 0.3 is 0 Å². The van der Waals surface area contributed by atoms with E-state index in [0.717, 1.165) is 11.3 Å². The van der Waals surface area contributed by atoms with Gasteiger partial charge in [0.1, 0.15) is 0 Å². The zero-order valence-corrected chi connectivity index (χ0v) is 6.93. The van der Waals surface area contributed by atoms with Gasteiger partial charge in [0.25, 0.3) is 0 Å². The highest BCUT2D eigenvalue weighted by Gasteiger charge is 2.37. The van der Waals surface area contributed by atoms with Gasteiger partial charge in [0.15, 0.2) is 0 Å². The number of hydrogen-bond acceptors (Lipinski definition) is 2. The Morgan fingerprint density at radius 2 is 2.64 bits per heavy atom. The predicted molar refractivity (Wildman–Crippen MR) is 46.0 cm³/mol. The van der Waals surface area contributed by atoms with Crippen molar-refractivity contribution in [2.24, 2.45) is 0 Å². The molecule has 58 valence electrons. The molecule has 0 aliphatic carbocycles. The molecule has 0 saturated carbocycles. The minimum absolute atomic E-state index is 0.238. The molecule has 0 radical (unpaired) electrons. The zero-order chi connectivity index (χ0) is 7.84. The number of amides is 1. The molecule has 1 unspecified atom stereocenters. The molecule has 2 rings (SSSR count). The Kier molecular flexibility index (Phi) is 1.53. The van der Waals surface area contributed by atoms with Gasteiger partial charge in [0, 0.05) is 12.0 Å². The van der Waals surface area contributed by atoms with Crippen molar-refractivity contribution in [2.75, 3.05) is 5.75 Å². The van der Waals surface area contributed by atoms with Crippen molar-refractivity contribution in [3.63, 3.8) is 0 Å². The van der Waals surface area contributed by atoms with Crippen LogP contribution in [0.5, 0.6) is 0 Å². The summed E-state index contributed by atoms with van der Waals surface area (Å²) in [4.78, 5) is 12.8. The number of carbonyl (C=O) groups excluding carboxylic acids is 1. The highest BCUT2D eigenvalue weighted by atomic mass is 32.2. The minimum Gasteiger partial charge on any atom is -0.306 e. The summed E-state index contributed by atoms with van der Waals surface area (Å²) in [7, 11) is 0. The molecule has 0 bridgehead atoms. The van der Waals surface area contributed by atoms with Crippen molar-refractivity contribution in [3.05, 3.63) is 24.4 Å². The van der Waals surface area contributed by atoms with Crippen molar-refractivity contribution >= 4 is 17.7 Å². The molecule has 1 amide bonds. The van der Waals surface area contributed by atoms with E-state index in [4.69, 9.17) is 0 Å². The molecule has 2 aliphatic heterocycles. The maximum absolute atomic E-state index is 11.0. The number of carbonyl (C=O) groups is 1. The second-order valence-corrected chi connectivity index (χ2v) is 3.85. The fourth-order valence-electron chi connectivity index (χ4n) is 1.22. The topological polar surface area (TPSA) is 20.3 Å². The van der Waals surface area contributed by atoms with Gasteiger partial charge in [0.2, 0.25) is 5.91 Å². The SMILES string of the molecule is C=CC1=CN2C(=O)CC2SC1. The van der Waals surface area contributed by atoms with Gasteiger partial charge in [-0.05, 0) is 5.57 Å². The van der Waals surface area contributed by atoms with Gasteiger partial charge < -0.3 is 4.90 Å². The molecule has 1 fully saturated rings. The van der Waals surface area contributed by atoms with Crippen LogP contribution in [0.3, 0.4) is 0 Å². The van der Waals surface area contributed by atoms with E-state index in [1.807, 2.05) is 24.0 Å². The van der Waals surface area contributed by atoms with Gasteiger partial charge in [0.05, 0.1) is 11.8 Å². The van der Waals surface area contributed by atoms with Crippen LogP contribution in [0.2, 0.25) is 0 Å². The Morgan fingerprint density at radius 1 is 1.82 bits per heavy atom. The number of nitrogens with zero attached hydrogens (tertiary/aromatic N) is 1. The minimum atomic E-state index is 0.238. The number of thioether (sulfide) groups is 1. The fourth-order valence-corrected chi connectivity index (χ4v) is 2.39. The van der Waals surface area contributed by atoms with Crippen molar-refractivity contribution < 1.29 is 4.79 Å². The molecule has 11 heavy (non-hydrogen) atoms. The van der Waals surface area contributed by atoms with E-state index in [-0.39, 0.29) is 5.91 Å². The van der Waals surface area contributed by atoms with Crippen molar-refractivity contribution in [2.45, 2.75) is 11.8 Å². The van der Waals surface area contributed by atoms with Crippen LogP contribution in [0.25, 0.3) is 0 Å². The van der Waals surface area contributed by atoms with Crippen LogP contribution in [0.15, 0.2) is 24.4 Å². The number of β-lactam (4-membered cyclic amide) rings is 1. The first-order valence-corrected chi connectivity index (χ1v) is 4.62. The molecular formula is C8H9NOS. The first-order valence-electron chi connectivity index (χ1n) is 3.57. The zero-order valence-electron chi connectivity index (χ0n) is 6.12. The van der Waals surface area contributed by atoms with E-state index in [9.17, 15) is 4.79 Å². The third-order valence-electron chi connectivity index (χ3n) is 1.96. The number of fused-ring (bicyclic) bond motifs is 1. The summed E-state index contributed by atoms with van der Waals surface area (Å²) < 4.78 is 0.